The third kappa shape index (κ3) is 3.41. The van der Waals surface area contributed by atoms with Gasteiger partial charge in [-0.3, -0.25) is 4.79 Å². The van der Waals surface area contributed by atoms with Crippen molar-refractivity contribution in [3.63, 3.8) is 0 Å². The Bertz CT molecular complexity index is 770. The van der Waals surface area contributed by atoms with Crippen molar-refractivity contribution in [3.8, 4) is 11.5 Å². The summed E-state index contributed by atoms with van der Waals surface area (Å²) in [6.07, 6.45) is 8.84. The van der Waals surface area contributed by atoms with Gasteiger partial charge in [0.15, 0.2) is 17.5 Å². The fourth-order valence-electron chi connectivity index (χ4n) is 7.18. The van der Waals surface area contributed by atoms with E-state index in [9.17, 15) is 4.79 Å². The highest BCUT2D eigenvalue weighted by Gasteiger charge is 2.52. The summed E-state index contributed by atoms with van der Waals surface area (Å²) >= 11 is 0. The van der Waals surface area contributed by atoms with Crippen LogP contribution in [0.15, 0.2) is 12.1 Å². The quantitative estimate of drug-likeness (QED) is 0.798. The Hall–Kier alpha value is -1.75. The van der Waals surface area contributed by atoms with E-state index in [0.717, 1.165) is 48.8 Å². The van der Waals surface area contributed by atoms with Crippen LogP contribution in [0.3, 0.4) is 0 Å². The molecule has 1 unspecified atom stereocenters. The van der Waals surface area contributed by atoms with Gasteiger partial charge in [0.25, 0.3) is 5.91 Å². The number of amides is 1. The van der Waals surface area contributed by atoms with Gasteiger partial charge in [0.1, 0.15) is 6.54 Å². The van der Waals surface area contributed by atoms with Crippen molar-refractivity contribution in [1.82, 2.24) is 5.32 Å². The number of hydrogen-bond donors (Lipinski definition) is 2. The van der Waals surface area contributed by atoms with Crippen LogP contribution in [0.5, 0.6) is 11.5 Å². The fraction of sp³-hybridized carbons (Fsp3) is 0.708. The summed E-state index contributed by atoms with van der Waals surface area (Å²) in [5.41, 5.74) is 2.70. The van der Waals surface area contributed by atoms with Crippen molar-refractivity contribution in [2.24, 2.45) is 17.8 Å². The monoisotopic (exact) mass is 399 g/mol. The van der Waals surface area contributed by atoms with Gasteiger partial charge in [-0.05, 0) is 80.9 Å². The Labute approximate surface area is 174 Å². The van der Waals surface area contributed by atoms with Gasteiger partial charge in [0, 0.05) is 17.5 Å². The van der Waals surface area contributed by atoms with Crippen LogP contribution in [-0.2, 0) is 17.8 Å². The van der Waals surface area contributed by atoms with Gasteiger partial charge in [-0.25, -0.2) is 0 Å². The molecule has 1 amide bonds. The second kappa shape index (κ2) is 7.19. The van der Waals surface area contributed by atoms with E-state index in [0.29, 0.717) is 0 Å². The van der Waals surface area contributed by atoms with Crippen LogP contribution in [0.1, 0.15) is 56.6 Å². The number of benzene rings is 1. The lowest BCUT2D eigenvalue weighted by Gasteiger charge is -2.57. The highest BCUT2D eigenvalue weighted by molar-refractivity contribution is 5.80. The number of rotatable bonds is 5. The number of methoxy groups -OCH3 is 2. The second-order valence-electron chi connectivity index (χ2n) is 10.2. The highest BCUT2D eigenvalue weighted by Crippen LogP contribution is 2.55. The molecule has 0 radical (unpaired) electrons. The topological polar surface area (TPSA) is 52.0 Å². The first-order valence-electron chi connectivity index (χ1n) is 11.4. The van der Waals surface area contributed by atoms with Gasteiger partial charge in [-0.1, -0.05) is 0 Å². The van der Waals surface area contributed by atoms with Crippen LogP contribution in [0.4, 0.5) is 0 Å². The minimum absolute atomic E-state index is 0.0238. The van der Waals surface area contributed by atoms with Crippen LogP contribution >= 0.6 is 0 Å². The fourth-order valence-corrected chi connectivity index (χ4v) is 7.18. The predicted octanol–water partition coefficient (Wildman–Crippen LogP) is 2.12. The van der Waals surface area contributed by atoms with Gasteiger partial charge in [0.2, 0.25) is 0 Å². The molecule has 0 aromatic heterocycles. The third-order valence-corrected chi connectivity index (χ3v) is 8.27. The summed E-state index contributed by atoms with van der Waals surface area (Å²) in [4.78, 5) is 14.6. The number of fused-ring (bicyclic) bond motifs is 1. The lowest BCUT2D eigenvalue weighted by atomic mass is 9.53. The summed E-state index contributed by atoms with van der Waals surface area (Å²) in [7, 11) is 3.36. The molecule has 0 saturated heterocycles. The second-order valence-corrected chi connectivity index (χ2v) is 10.2. The lowest BCUT2D eigenvalue weighted by Crippen LogP contribution is -3.16. The average molecular weight is 400 g/mol. The Kier molecular flexibility index (Phi) is 4.77. The van der Waals surface area contributed by atoms with E-state index in [4.69, 9.17) is 9.47 Å². The maximum Gasteiger partial charge on any atom is 0.278 e. The van der Waals surface area contributed by atoms with Crippen molar-refractivity contribution < 1.29 is 19.2 Å². The average Bonchev–Trinajstić information content (AvgIpc) is 2.70. The van der Waals surface area contributed by atoms with Crippen LogP contribution in [-0.4, -0.2) is 38.3 Å². The zero-order chi connectivity index (χ0) is 20.2. The maximum atomic E-state index is 13.3. The van der Waals surface area contributed by atoms with E-state index in [2.05, 4.69) is 24.4 Å². The first-order valence-corrected chi connectivity index (χ1v) is 11.4. The van der Waals surface area contributed by atoms with Gasteiger partial charge in [0.05, 0.1) is 20.8 Å². The molecule has 0 spiro atoms. The zero-order valence-corrected chi connectivity index (χ0v) is 18.1. The Morgan fingerprint density at radius 1 is 1.03 bits per heavy atom. The van der Waals surface area contributed by atoms with Crippen molar-refractivity contribution in [2.75, 3.05) is 20.8 Å². The largest absolute Gasteiger partial charge is 0.493 e. The van der Waals surface area contributed by atoms with Crippen LogP contribution in [0.25, 0.3) is 0 Å². The van der Waals surface area contributed by atoms with Crippen LogP contribution < -0.4 is 19.7 Å². The van der Waals surface area contributed by atoms with Crippen molar-refractivity contribution in [2.45, 2.75) is 70.0 Å². The molecule has 2 N–H and O–H groups in total. The molecule has 29 heavy (non-hydrogen) atoms. The highest BCUT2D eigenvalue weighted by atomic mass is 16.5. The molecule has 1 aromatic rings. The van der Waals surface area contributed by atoms with Crippen molar-refractivity contribution in [3.05, 3.63) is 23.3 Å². The SMILES string of the molecule is COc1cc2c(cc1OC)C[NH+]([C@@H](C)C(=O)NC13CC4CC(CC(C4)C1)C3)CC2. The van der Waals surface area contributed by atoms with E-state index >= 15 is 0 Å². The Morgan fingerprint density at radius 2 is 1.59 bits per heavy atom. The molecule has 4 fully saturated rings. The summed E-state index contributed by atoms with van der Waals surface area (Å²) < 4.78 is 10.9. The number of hydrogen-bond acceptors (Lipinski definition) is 3. The summed E-state index contributed by atoms with van der Waals surface area (Å²) in [5.74, 6) is 4.39. The Morgan fingerprint density at radius 3 is 2.14 bits per heavy atom. The number of ether oxygens (including phenoxy) is 2. The molecule has 5 heteroatoms. The normalized spacial score (nSPS) is 35.7. The molecule has 2 atom stereocenters. The number of carbonyl (C=O) groups is 1. The van der Waals surface area contributed by atoms with Gasteiger partial charge < -0.3 is 19.7 Å². The summed E-state index contributed by atoms with van der Waals surface area (Å²) in [6, 6.07) is 4.17. The molecule has 5 nitrogen and oxygen atoms in total. The van der Waals surface area contributed by atoms with Crippen molar-refractivity contribution >= 4 is 5.91 Å². The van der Waals surface area contributed by atoms with E-state index < -0.39 is 0 Å². The molecule has 4 aliphatic carbocycles. The molecular formula is C24H35N2O3+. The smallest absolute Gasteiger partial charge is 0.278 e. The minimum Gasteiger partial charge on any atom is -0.493 e. The van der Waals surface area contributed by atoms with E-state index in [-0.39, 0.29) is 17.5 Å². The molecule has 1 heterocycles. The number of quaternary nitrogens is 1. The van der Waals surface area contributed by atoms with E-state index in [1.54, 1.807) is 14.2 Å². The minimum atomic E-state index is -0.0238. The van der Waals surface area contributed by atoms with E-state index in [1.807, 2.05) is 0 Å². The summed E-state index contributed by atoms with van der Waals surface area (Å²) in [5, 5.41) is 3.58. The van der Waals surface area contributed by atoms with Gasteiger partial charge >= 0.3 is 0 Å². The molecule has 5 aliphatic rings. The standard InChI is InChI=1S/C24H34N2O3/c1-15(23(27)25-24-11-16-6-17(12-24)8-18(7-16)13-24)26-5-4-19-9-21(28-2)22(29-3)10-20(19)14-26/h9-10,15-18H,4-8,11-14H2,1-3H3,(H,25,27)/p+1/t15-,16?,17?,18?,24?/m0/s1. The first kappa shape index (κ1) is 19.2. The van der Waals surface area contributed by atoms with E-state index in [1.165, 1.54) is 54.6 Å². The van der Waals surface area contributed by atoms with Crippen LogP contribution in [0, 0.1) is 17.8 Å². The molecule has 158 valence electrons. The molecule has 4 bridgehead atoms. The first-order chi connectivity index (χ1) is 14.0. The number of carbonyl (C=O) groups excluding carboxylic acids is 1. The molecule has 1 aliphatic heterocycles. The number of nitrogens with one attached hydrogen (secondary N) is 2. The lowest BCUT2D eigenvalue weighted by molar-refractivity contribution is -0.929. The third-order valence-electron chi connectivity index (χ3n) is 8.27. The zero-order valence-electron chi connectivity index (χ0n) is 18.1. The summed E-state index contributed by atoms with van der Waals surface area (Å²) in [6.45, 7) is 3.96. The Balaban J connectivity index is 1.28. The van der Waals surface area contributed by atoms with Gasteiger partial charge in [-0.15, -0.1) is 0 Å². The predicted molar refractivity (Wildman–Crippen MR) is 111 cm³/mol. The van der Waals surface area contributed by atoms with Crippen molar-refractivity contribution in [1.29, 1.82) is 0 Å². The molecule has 4 saturated carbocycles. The molecular weight excluding hydrogens is 364 g/mol. The molecule has 6 rings (SSSR count). The maximum absolute atomic E-state index is 13.3. The van der Waals surface area contributed by atoms with Gasteiger partial charge in [-0.2, -0.15) is 0 Å². The molecule has 1 aromatic carbocycles. The van der Waals surface area contributed by atoms with Crippen LogP contribution in [0.2, 0.25) is 0 Å².